The molecule has 1 saturated heterocycles. The van der Waals surface area contributed by atoms with Gasteiger partial charge >= 0.3 is 0 Å². The van der Waals surface area contributed by atoms with Crippen LogP contribution in [0.4, 0.5) is 0 Å². The van der Waals surface area contributed by atoms with Crippen LogP contribution in [0.3, 0.4) is 0 Å². The van der Waals surface area contributed by atoms with Crippen molar-refractivity contribution in [1.82, 2.24) is 9.88 Å². The second kappa shape index (κ2) is 3.85. The van der Waals surface area contributed by atoms with E-state index in [1.807, 2.05) is 6.20 Å². The van der Waals surface area contributed by atoms with Crippen molar-refractivity contribution in [3.63, 3.8) is 0 Å². The van der Waals surface area contributed by atoms with E-state index >= 15 is 0 Å². The van der Waals surface area contributed by atoms with Gasteiger partial charge in [0.05, 0.1) is 0 Å². The highest BCUT2D eigenvalue weighted by Gasteiger charge is 2.41. The Hall–Kier alpha value is -0.890. The lowest BCUT2D eigenvalue weighted by atomic mass is 9.76. The van der Waals surface area contributed by atoms with Crippen molar-refractivity contribution in [2.75, 3.05) is 19.6 Å². The molecule has 0 aromatic carbocycles. The van der Waals surface area contributed by atoms with E-state index in [0.717, 1.165) is 0 Å². The summed E-state index contributed by atoms with van der Waals surface area (Å²) in [6.45, 7) is 5.98. The molecule has 0 atom stereocenters. The third-order valence-electron chi connectivity index (χ3n) is 4.53. The van der Waals surface area contributed by atoms with Crippen molar-refractivity contribution in [2.24, 2.45) is 0 Å². The fourth-order valence-electron chi connectivity index (χ4n) is 3.39. The third kappa shape index (κ3) is 1.47. The van der Waals surface area contributed by atoms with Gasteiger partial charge in [-0.05, 0) is 56.9 Å². The first kappa shape index (κ1) is 10.3. The van der Waals surface area contributed by atoms with Crippen LogP contribution < -0.4 is 0 Å². The number of likely N-dealkylation sites (tertiary alicyclic amines) is 1. The Labute approximate surface area is 97.7 Å². The lowest BCUT2D eigenvalue weighted by molar-refractivity contribution is 0.162. The predicted molar refractivity (Wildman–Crippen MR) is 65.6 cm³/mol. The van der Waals surface area contributed by atoms with E-state index in [1.165, 1.54) is 56.6 Å². The SMILES string of the molecule is CCN1CCC2(CCc3cccnc32)CC1. The third-order valence-corrected chi connectivity index (χ3v) is 4.53. The Morgan fingerprint density at radius 1 is 1.31 bits per heavy atom. The molecule has 1 aromatic heterocycles. The van der Waals surface area contributed by atoms with Gasteiger partial charge in [-0.3, -0.25) is 4.98 Å². The van der Waals surface area contributed by atoms with Crippen molar-refractivity contribution in [3.8, 4) is 0 Å². The van der Waals surface area contributed by atoms with Crippen LogP contribution in [0, 0.1) is 0 Å². The van der Waals surface area contributed by atoms with E-state index in [-0.39, 0.29) is 0 Å². The maximum atomic E-state index is 4.67. The second-order valence-electron chi connectivity index (χ2n) is 5.23. The number of hydrogen-bond donors (Lipinski definition) is 0. The van der Waals surface area contributed by atoms with Crippen molar-refractivity contribution < 1.29 is 0 Å². The molecule has 0 amide bonds. The van der Waals surface area contributed by atoms with Gasteiger partial charge in [0.1, 0.15) is 0 Å². The molecule has 2 aliphatic rings. The van der Waals surface area contributed by atoms with Gasteiger partial charge < -0.3 is 4.90 Å². The predicted octanol–water partition coefficient (Wildman–Crippen LogP) is 2.38. The Morgan fingerprint density at radius 2 is 2.12 bits per heavy atom. The van der Waals surface area contributed by atoms with E-state index in [1.54, 1.807) is 0 Å². The molecule has 0 N–H and O–H groups in total. The molecule has 16 heavy (non-hydrogen) atoms. The summed E-state index contributed by atoms with van der Waals surface area (Å²) in [6, 6.07) is 4.35. The highest BCUT2D eigenvalue weighted by atomic mass is 15.1. The van der Waals surface area contributed by atoms with Gasteiger partial charge in [-0.25, -0.2) is 0 Å². The summed E-state index contributed by atoms with van der Waals surface area (Å²) in [7, 11) is 0. The summed E-state index contributed by atoms with van der Waals surface area (Å²) in [5.74, 6) is 0. The van der Waals surface area contributed by atoms with Crippen LogP contribution in [0.1, 0.15) is 37.4 Å². The van der Waals surface area contributed by atoms with Gasteiger partial charge in [-0.1, -0.05) is 13.0 Å². The molecule has 1 aromatic rings. The fourth-order valence-corrected chi connectivity index (χ4v) is 3.39. The first-order chi connectivity index (χ1) is 7.84. The van der Waals surface area contributed by atoms with Crippen molar-refractivity contribution >= 4 is 0 Å². The number of pyridine rings is 1. The topological polar surface area (TPSA) is 16.1 Å². The van der Waals surface area contributed by atoms with Crippen LogP contribution in [-0.4, -0.2) is 29.5 Å². The van der Waals surface area contributed by atoms with Gasteiger partial charge in [0.2, 0.25) is 0 Å². The quantitative estimate of drug-likeness (QED) is 0.716. The molecule has 2 heterocycles. The number of hydrogen-bond acceptors (Lipinski definition) is 2. The number of fused-ring (bicyclic) bond motifs is 2. The van der Waals surface area contributed by atoms with Gasteiger partial charge in [-0.2, -0.15) is 0 Å². The van der Waals surface area contributed by atoms with Gasteiger partial charge in [0.25, 0.3) is 0 Å². The average molecular weight is 216 g/mol. The molecule has 1 fully saturated rings. The Morgan fingerprint density at radius 3 is 2.88 bits per heavy atom. The van der Waals surface area contributed by atoms with Crippen LogP contribution in [0.2, 0.25) is 0 Å². The zero-order chi connectivity index (χ0) is 11.0. The number of aryl methyl sites for hydroxylation is 1. The first-order valence-electron chi connectivity index (χ1n) is 6.51. The van der Waals surface area contributed by atoms with Crippen molar-refractivity contribution in [2.45, 2.75) is 38.0 Å². The average Bonchev–Trinajstić information content (AvgIpc) is 2.71. The molecule has 3 rings (SSSR count). The van der Waals surface area contributed by atoms with Gasteiger partial charge in [-0.15, -0.1) is 0 Å². The molecule has 2 heteroatoms. The number of rotatable bonds is 1. The molecule has 1 aliphatic carbocycles. The molecule has 86 valence electrons. The van der Waals surface area contributed by atoms with Crippen molar-refractivity contribution in [3.05, 3.63) is 29.6 Å². The Balaban J connectivity index is 1.87. The minimum absolute atomic E-state index is 0.433. The molecule has 0 unspecified atom stereocenters. The molecular formula is C14H20N2. The van der Waals surface area contributed by atoms with Crippen LogP contribution in [-0.2, 0) is 11.8 Å². The summed E-state index contributed by atoms with van der Waals surface area (Å²) in [6.07, 6.45) is 7.17. The highest BCUT2D eigenvalue weighted by molar-refractivity contribution is 5.34. The van der Waals surface area contributed by atoms with E-state index in [2.05, 4.69) is 28.9 Å². The Kier molecular flexibility index (Phi) is 2.47. The smallest absolute Gasteiger partial charge is 0.0498 e. The summed E-state index contributed by atoms with van der Waals surface area (Å²) >= 11 is 0. The minimum atomic E-state index is 0.433. The summed E-state index contributed by atoms with van der Waals surface area (Å²) in [5.41, 5.74) is 3.36. The zero-order valence-corrected chi connectivity index (χ0v) is 10.1. The first-order valence-corrected chi connectivity index (χ1v) is 6.51. The largest absolute Gasteiger partial charge is 0.304 e. The molecule has 1 spiro atoms. The number of aromatic nitrogens is 1. The molecule has 0 bridgehead atoms. The summed E-state index contributed by atoms with van der Waals surface area (Å²) in [4.78, 5) is 7.23. The number of piperidine rings is 1. The number of nitrogens with zero attached hydrogens (tertiary/aromatic N) is 2. The zero-order valence-electron chi connectivity index (χ0n) is 10.1. The molecule has 2 nitrogen and oxygen atoms in total. The summed E-state index contributed by atoms with van der Waals surface area (Å²) in [5, 5.41) is 0. The standard InChI is InChI=1S/C14H20N2/c1-2-16-10-7-14(8-11-16)6-5-12-4-3-9-15-13(12)14/h3-4,9H,2,5-8,10-11H2,1H3. The minimum Gasteiger partial charge on any atom is -0.304 e. The van der Waals surface area contributed by atoms with Crippen LogP contribution in [0.5, 0.6) is 0 Å². The molecule has 0 saturated carbocycles. The summed E-state index contributed by atoms with van der Waals surface area (Å²) < 4.78 is 0. The van der Waals surface area contributed by atoms with Gasteiger partial charge in [0.15, 0.2) is 0 Å². The van der Waals surface area contributed by atoms with Crippen LogP contribution >= 0.6 is 0 Å². The second-order valence-corrected chi connectivity index (χ2v) is 5.23. The van der Waals surface area contributed by atoms with E-state index in [9.17, 15) is 0 Å². The highest BCUT2D eigenvalue weighted by Crippen LogP contribution is 2.44. The van der Waals surface area contributed by atoms with Crippen molar-refractivity contribution in [1.29, 1.82) is 0 Å². The molecular weight excluding hydrogens is 196 g/mol. The maximum Gasteiger partial charge on any atom is 0.0498 e. The monoisotopic (exact) mass is 216 g/mol. The maximum absolute atomic E-state index is 4.67. The van der Waals surface area contributed by atoms with Crippen LogP contribution in [0.15, 0.2) is 18.3 Å². The van der Waals surface area contributed by atoms with E-state index in [4.69, 9.17) is 0 Å². The molecule has 1 aliphatic heterocycles. The normalized spacial score (nSPS) is 23.6. The lowest BCUT2D eigenvalue weighted by Crippen LogP contribution is -2.41. The van der Waals surface area contributed by atoms with Crippen LogP contribution in [0.25, 0.3) is 0 Å². The van der Waals surface area contributed by atoms with Gasteiger partial charge in [0, 0.05) is 17.3 Å². The van der Waals surface area contributed by atoms with E-state index in [0.29, 0.717) is 5.41 Å². The Bertz CT molecular complexity index is 378. The fraction of sp³-hybridized carbons (Fsp3) is 0.643. The molecule has 0 radical (unpaired) electrons. The lowest BCUT2D eigenvalue weighted by Gasteiger charge is -2.39. The van der Waals surface area contributed by atoms with E-state index < -0.39 is 0 Å².